The van der Waals surface area contributed by atoms with Gasteiger partial charge in [0.15, 0.2) is 11.5 Å². The molecule has 0 saturated carbocycles. The molecule has 0 bridgehead atoms. The van der Waals surface area contributed by atoms with Crippen molar-refractivity contribution in [2.24, 2.45) is 0 Å². The summed E-state index contributed by atoms with van der Waals surface area (Å²) >= 11 is 0. The molecule has 0 saturated heterocycles. The van der Waals surface area contributed by atoms with Crippen molar-refractivity contribution in [2.75, 3.05) is 41.0 Å². The van der Waals surface area contributed by atoms with Gasteiger partial charge in [-0.2, -0.15) is 4.31 Å². The summed E-state index contributed by atoms with van der Waals surface area (Å²) < 4.78 is 43.2. The molecular formula is C24H26N2O6S. The highest BCUT2D eigenvalue weighted by Crippen LogP contribution is 2.33. The predicted octanol–water partition coefficient (Wildman–Crippen LogP) is 2.90. The van der Waals surface area contributed by atoms with Crippen molar-refractivity contribution < 1.29 is 27.4 Å². The molecule has 33 heavy (non-hydrogen) atoms. The first kappa shape index (κ1) is 22.9. The number of ether oxygens (including phenoxy) is 3. The molecule has 9 heteroatoms. The van der Waals surface area contributed by atoms with Crippen LogP contribution in [0, 0.1) is 0 Å². The van der Waals surface area contributed by atoms with Crippen LogP contribution in [0.1, 0.15) is 5.56 Å². The number of carbonyl (C=O) groups is 1. The van der Waals surface area contributed by atoms with Gasteiger partial charge in [-0.25, -0.2) is 8.42 Å². The number of amides is 1. The minimum atomic E-state index is -3.87. The summed E-state index contributed by atoms with van der Waals surface area (Å²) in [5.74, 6) is 1.36. The van der Waals surface area contributed by atoms with Gasteiger partial charge in [0.25, 0.3) is 0 Å². The number of nitrogens with zero attached hydrogens (tertiary/aromatic N) is 2. The van der Waals surface area contributed by atoms with E-state index >= 15 is 0 Å². The summed E-state index contributed by atoms with van der Waals surface area (Å²) in [6.45, 7) is 0.861. The van der Waals surface area contributed by atoms with E-state index in [2.05, 4.69) is 0 Å². The highest BCUT2D eigenvalue weighted by atomic mass is 32.2. The molecule has 0 atom stereocenters. The highest BCUT2D eigenvalue weighted by molar-refractivity contribution is 7.89. The lowest BCUT2D eigenvalue weighted by Crippen LogP contribution is -2.39. The third-order valence-electron chi connectivity index (χ3n) is 5.54. The lowest BCUT2D eigenvalue weighted by Gasteiger charge is -2.23. The van der Waals surface area contributed by atoms with Crippen molar-refractivity contribution in [3.05, 3.63) is 60.2 Å². The molecule has 0 radical (unpaired) electrons. The number of hydrogen-bond acceptors (Lipinski definition) is 6. The second-order valence-corrected chi connectivity index (χ2v) is 9.91. The number of carbonyl (C=O) groups excluding carboxylic acids is 1. The average molecular weight is 471 g/mol. The molecule has 0 unspecified atom stereocenters. The minimum Gasteiger partial charge on any atom is -0.497 e. The van der Waals surface area contributed by atoms with Gasteiger partial charge in [0.05, 0.1) is 18.6 Å². The molecular weight excluding hydrogens is 444 g/mol. The summed E-state index contributed by atoms with van der Waals surface area (Å²) in [6.07, 6.45) is 0. The Bertz CT molecular complexity index is 1290. The van der Waals surface area contributed by atoms with E-state index in [1.165, 1.54) is 24.1 Å². The number of sulfonamides is 1. The van der Waals surface area contributed by atoms with Crippen molar-refractivity contribution in [1.82, 2.24) is 9.21 Å². The minimum absolute atomic E-state index is 0.0506. The van der Waals surface area contributed by atoms with E-state index in [-0.39, 0.29) is 17.3 Å². The smallest absolute Gasteiger partial charge is 0.243 e. The molecule has 0 aliphatic carbocycles. The monoisotopic (exact) mass is 470 g/mol. The molecule has 1 amide bonds. The topological polar surface area (TPSA) is 85.4 Å². The Morgan fingerprint density at radius 3 is 2.39 bits per heavy atom. The Morgan fingerprint density at radius 2 is 1.64 bits per heavy atom. The van der Waals surface area contributed by atoms with Gasteiger partial charge in [-0.3, -0.25) is 4.79 Å². The maximum absolute atomic E-state index is 13.0. The summed E-state index contributed by atoms with van der Waals surface area (Å²) in [4.78, 5) is 14.3. The maximum Gasteiger partial charge on any atom is 0.243 e. The molecule has 8 nitrogen and oxygen atoms in total. The van der Waals surface area contributed by atoms with E-state index in [4.69, 9.17) is 14.2 Å². The first-order chi connectivity index (χ1) is 15.8. The molecule has 1 heterocycles. The summed E-state index contributed by atoms with van der Waals surface area (Å²) in [7, 11) is 0.803. The Hall–Kier alpha value is -3.30. The van der Waals surface area contributed by atoms with Crippen LogP contribution in [-0.2, 0) is 21.4 Å². The molecule has 0 N–H and O–H groups in total. The maximum atomic E-state index is 13.0. The molecule has 0 fully saturated rings. The van der Waals surface area contributed by atoms with Crippen LogP contribution in [0.2, 0.25) is 0 Å². The molecule has 4 rings (SSSR count). The second-order valence-electron chi connectivity index (χ2n) is 7.86. The van der Waals surface area contributed by atoms with Crippen molar-refractivity contribution in [2.45, 2.75) is 11.4 Å². The number of likely N-dealkylation sites (N-methyl/N-ethyl adjacent to an activating group) is 2. The van der Waals surface area contributed by atoms with Gasteiger partial charge in [0.1, 0.15) is 19.0 Å². The Kier molecular flexibility index (Phi) is 6.44. The zero-order chi connectivity index (χ0) is 23.6. The Labute approximate surface area is 193 Å². The normalized spacial score (nSPS) is 13.2. The Balaban J connectivity index is 1.43. The number of methoxy groups -OCH3 is 1. The summed E-state index contributed by atoms with van der Waals surface area (Å²) in [5, 5.41) is 2.07. The van der Waals surface area contributed by atoms with Gasteiger partial charge in [-0.15, -0.1) is 0 Å². The average Bonchev–Trinajstić information content (AvgIpc) is 2.83. The van der Waals surface area contributed by atoms with Crippen molar-refractivity contribution in [1.29, 1.82) is 0 Å². The fourth-order valence-electron chi connectivity index (χ4n) is 3.62. The van der Waals surface area contributed by atoms with Crippen LogP contribution in [0.15, 0.2) is 59.5 Å². The Morgan fingerprint density at radius 1 is 0.939 bits per heavy atom. The van der Waals surface area contributed by atoms with Crippen LogP contribution in [0.4, 0.5) is 0 Å². The fraction of sp³-hybridized carbons (Fsp3) is 0.292. The van der Waals surface area contributed by atoms with Gasteiger partial charge >= 0.3 is 0 Å². The number of hydrogen-bond donors (Lipinski definition) is 0. The van der Waals surface area contributed by atoms with Crippen LogP contribution in [0.3, 0.4) is 0 Å². The van der Waals surface area contributed by atoms with E-state index in [1.807, 2.05) is 36.4 Å². The SMILES string of the molecule is COc1ccc2cc(CN(C)C(=O)CN(C)S(=O)(=O)c3ccc4c(c3)OCCO4)ccc2c1. The summed E-state index contributed by atoms with van der Waals surface area (Å²) in [6, 6.07) is 16.2. The van der Waals surface area contributed by atoms with Crippen molar-refractivity contribution >= 4 is 26.7 Å². The van der Waals surface area contributed by atoms with E-state index in [1.54, 1.807) is 20.2 Å². The molecule has 1 aliphatic heterocycles. The third-order valence-corrected chi connectivity index (χ3v) is 7.34. The largest absolute Gasteiger partial charge is 0.497 e. The van der Waals surface area contributed by atoms with Crippen LogP contribution in [-0.4, -0.2) is 64.5 Å². The van der Waals surface area contributed by atoms with Crippen LogP contribution in [0.5, 0.6) is 17.2 Å². The van der Waals surface area contributed by atoms with E-state index in [0.717, 1.165) is 26.4 Å². The van der Waals surface area contributed by atoms with E-state index < -0.39 is 10.0 Å². The van der Waals surface area contributed by atoms with Crippen molar-refractivity contribution in [3.63, 3.8) is 0 Å². The van der Waals surface area contributed by atoms with Crippen LogP contribution >= 0.6 is 0 Å². The lowest BCUT2D eigenvalue weighted by atomic mass is 10.1. The number of fused-ring (bicyclic) bond motifs is 2. The van der Waals surface area contributed by atoms with Crippen LogP contribution < -0.4 is 14.2 Å². The lowest BCUT2D eigenvalue weighted by molar-refractivity contribution is -0.130. The third kappa shape index (κ3) is 4.89. The molecule has 0 spiro atoms. The van der Waals surface area contributed by atoms with Gasteiger partial charge in [-0.05, 0) is 46.7 Å². The second kappa shape index (κ2) is 9.29. The van der Waals surface area contributed by atoms with Crippen molar-refractivity contribution in [3.8, 4) is 17.2 Å². The fourth-order valence-corrected chi connectivity index (χ4v) is 4.76. The van der Waals surface area contributed by atoms with Gasteiger partial charge in [0, 0.05) is 26.7 Å². The quantitative estimate of drug-likeness (QED) is 0.528. The first-order valence-electron chi connectivity index (χ1n) is 10.4. The number of rotatable bonds is 7. The van der Waals surface area contributed by atoms with E-state index in [0.29, 0.717) is 31.3 Å². The van der Waals surface area contributed by atoms with Gasteiger partial charge in [-0.1, -0.05) is 18.2 Å². The van der Waals surface area contributed by atoms with Gasteiger partial charge < -0.3 is 19.1 Å². The zero-order valence-electron chi connectivity index (χ0n) is 18.8. The number of benzene rings is 3. The molecule has 1 aliphatic rings. The molecule has 3 aromatic carbocycles. The summed E-state index contributed by atoms with van der Waals surface area (Å²) in [5.41, 5.74) is 0.945. The zero-order valence-corrected chi connectivity index (χ0v) is 19.6. The van der Waals surface area contributed by atoms with Gasteiger partial charge in [0.2, 0.25) is 15.9 Å². The van der Waals surface area contributed by atoms with Crippen LogP contribution in [0.25, 0.3) is 10.8 Å². The standard InChI is InChI=1S/C24H26N2O6S/c1-25(15-17-4-5-19-13-20(30-3)7-6-18(19)12-17)24(27)16-26(2)33(28,29)21-8-9-22-23(14-21)32-11-10-31-22/h4-9,12-14H,10-11,15-16H2,1-3H3. The molecule has 3 aromatic rings. The molecule has 174 valence electrons. The predicted molar refractivity (Wildman–Crippen MR) is 124 cm³/mol. The first-order valence-corrected chi connectivity index (χ1v) is 11.9. The van der Waals surface area contributed by atoms with E-state index in [9.17, 15) is 13.2 Å². The highest BCUT2D eigenvalue weighted by Gasteiger charge is 2.26. The molecule has 0 aromatic heterocycles.